The molecule has 0 spiro atoms. The lowest BCUT2D eigenvalue weighted by Crippen LogP contribution is -2.03. The molecule has 3 aromatic carbocycles. The zero-order chi connectivity index (χ0) is 20.9. The average molecular weight is 422 g/mol. The van der Waals surface area contributed by atoms with E-state index in [1.165, 1.54) is 0 Å². The Bertz CT molecular complexity index is 1160. The van der Waals surface area contributed by atoms with Crippen LogP contribution in [0.2, 0.25) is 0 Å². The van der Waals surface area contributed by atoms with Gasteiger partial charge in [-0.3, -0.25) is 0 Å². The topological polar surface area (TPSA) is 97.5 Å². The molecule has 0 saturated carbocycles. The van der Waals surface area contributed by atoms with E-state index in [4.69, 9.17) is 20.0 Å². The van der Waals surface area contributed by atoms with Gasteiger partial charge in [0.15, 0.2) is 11.1 Å². The van der Waals surface area contributed by atoms with Crippen LogP contribution in [0.25, 0.3) is 21.8 Å². The first-order valence-corrected chi connectivity index (χ1v) is 11.0. The summed E-state index contributed by atoms with van der Waals surface area (Å²) in [5.74, 6) is 0.214. The van der Waals surface area contributed by atoms with Crippen LogP contribution in [0, 0.1) is 0 Å². The maximum Gasteiger partial charge on any atom is 0.152 e. The second kappa shape index (κ2) is 9.21. The van der Waals surface area contributed by atoms with Crippen molar-refractivity contribution in [3.63, 3.8) is 0 Å². The number of anilines is 3. The number of ether oxygens (including phenoxy) is 1. The van der Waals surface area contributed by atoms with Crippen molar-refractivity contribution in [1.82, 2.24) is 4.98 Å². The first kappa shape index (κ1) is 20.3. The highest BCUT2D eigenvalue weighted by atomic mass is 32.2. The molecule has 154 valence electrons. The van der Waals surface area contributed by atoms with E-state index in [1.807, 2.05) is 54.6 Å². The molecule has 0 aliphatic carbocycles. The van der Waals surface area contributed by atoms with E-state index >= 15 is 0 Å². The summed E-state index contributed by atoms with van der Waals surface area (Å²) in [6.07, 6.45) is 0.533. The van der Waals surface area contributed by atoms with Crippen LogP contribution in [0.15, 0.2) is 66.7 Å². The molecule has 0 bridgehead atoms. The minimum Gasteiger partial charge on any atom is -0.399 e. The van der Waals surface area contributed by atoms with Gasteiger partial charge in [-0.05, 0) is 42.3 Å². The summed E-state index contributed by atoms with van der Waals surface area (Å²) in [4.78, 5) is 4.76. The van der Waals surface area contributed by atoms with Gasteiger partial charge in [0.1, 0.15) is 0 Å². The van der Waals surface area contributed by atoms with Gasteiger partial charge in [0.2, 0.25) is 0 Å². The van der Waals surface area contributed by atoms with E-state index in [-0.39, 0.29) is 5.75 Å². The molecule has 4 N–H and O–H groups in total. The van der Waals surface area contributed by atoms with E-state index in [9.17, 15) is 4.21 Å². The molecule has 1 unspecified atom stereocenters. The second-order valence-corrected chi connectivity index (χ2v) is 8.09. The number of hydrogen-bond donors (Lipinski definition) is 3. The van der Waals surface area contributed by atoms with Crippen LogP contribution in [-0.2, 0) is 22.4 Å². The van der Waals surface area contributed by atoms with Crippen molar-refractivity contribution in [3.8, 4) is 0 Å². The Morgan fingerprint density at radius 3 is 2.33 bits per heavy atom. The summed E-state index contributed by atoms with van der Waals surface area (Å²) < 4.78 is 25.2. The monoisotopic (exact) mass is 421 g/mol. The van der Waals surface area contributed by atoms with Gasteiger partial charge < -0.3 is 20.3 Å². The predicted octanol–water partition coefficient (Wildman–Crippen LogP) is 4.84. The number of nitrogens with two attached hydrogens (primary N) is 1. The quantitative estimate of drug-likeness (QED) is 0.163. The number of rotatable bonds is 8. The first-order valence-electron chi connectivity index (χ1n) is 9.69. The van der Waals surface area contributed by atoms with E-state index in [0.717, 1.165) is 38.7 Å². The second-order valence-electron chi connectivity index (χ2n) is 7.04. The Labute approximate surface area is 177 Å². The summed E-state index contributed by atoms with van der Waals surface area (Å²) in [6.45, 7) is 0.805. The van der Waals surface area contributed by atoms with Crippen LogP contribution in [0.4, 0.5) is 17.1 Å². The highest BCUT2D eigenvalue weighted by molar-refractivity contribution is 7.79. The van der Waals surface area contributed by atoms with Crippen molar-refractivity contribution in [2.75, 3.05) is 23.4 Å². The molecule has 1 aromatic heterocycles. The fourth-order valence-electron chi connectivity index (χ4n) is 3.47. The molecule has 0 fully saturated rings. The Morgan fingerprint density at radius 1 is 1.00 bits per heavy atom. The SMILES string of the molecule is Nc1cc(COCCCS(=O)O)cc(Nc2c3ccccc3nc3ccccc23)c1. The maximum atomic E-state index is 10.7. The molecule has 30 heavy (non-hydrogen) atoms. The van der Waals surface area contributed by atoms with Crippen molar-refractivity contribution in [2.24, 2.45) is 0 Å². The molecule has 0 radical (unpaired) electrons. The number of nitrogens with one attached hydrogen (secondary N) is 1. The lowest BCUT2D eigenvalue weighted by atomic mass is 10.1. The van der Waals surface area contributed by atoms with E-state index in [2.05, 4.69) is 17.4 Å². The number of hydrogen-bond acceptors (Lipinski definition) is 5. The van der Waals surface area contributed by atoms with Crippen molar-refractivity contribution < 1.29 is 13.5 Å². The van der Waals surface area contributed by atoms with Gasteiger partial charge in [-0.25, -0.2) is 9.19 Å². The van der Waals surface area contributed by atoms with Crippen LogP contribution >= 0.6 is 0 Å². The normalized spacial score (nSPS) is 12.3. The standard InChI is InChI=1S/C23H23N3O3S/c24-17-12-16(15-29-10-5-11-30(27)28)13-18(14-17)25-23-19-6-1-3-8-21(19)26-22-9-4-2-7-20(22)23/h1-4,6-9,12-14H,5,10-11,15,24H2,(H,25,26)(H,27,28). The average Bonchev–Trinajstić information content (AvgIpc) is 2.73. The third-order valence-corrected chi connectivity index (χ3v) is 5.39. The molecule has 1 heterocycles. The third kappa shape index (κ3) is 4.76. The number of fused-ring (bicyclic) bond motifs is 2. The van der Waals surface area contributed by atoms with E-state index < -0.39 is 11.1 Å². The summed E-state index contributed by atoms with van der Waals surface area (Å²) in [7, 11) is 0. The molecular weight excluding hydrogens is 398 g/mol. The molecular formula is C23H23N3O3S. The van der Waals surface area contributed by atoms with Gasteiger partial charge in [-0.15, -0.1) is 0 Å². The van der Waals surface area contributed by atoms with Gasteiger partial charge in [-0.2, -0.15) is 0 Å². The number of para-hydroxylation sites is 2. The van der Waals surface area contributed by atoms with Gasteiger partial charge >= 0.3 is 0 Å². The zero-order valence-electron chi connectivity index (χ0n) is 16.4. The van der Waals surface area contributed by atoms with E-state index in [0.29, 0.717) is 25.3 Å². The molecule has 0 aliphatic heterocycles. The van der Waals surface area contributed by atoms with Crippen LogP contribution < -0.4 is 11.1 Å². The van der Waals surface area contributed by atoms with E-state index in [1.54, 1.807) is 0 Å². The lowest BCUT2D eigenvalue weighted by Gasteiger charge is -2.15. The van der Waals surface area contributed by atoms with Crippen molar-refractivity contribution in [1.29, 1.82) is 0 Å². The molecule has 0 amide bonds. The van der Waals surface area contributed by atoms with Crippen LogP contribution in [0.5, 0.6) is 0 Å². The summed E-state index contributed by atoms with van der Waals surface area (Å²) in [6, 6.07) is 21.9. The predicted molar refractivity (Wildman–Crippen MR) is 123 cm³/mol. The largest absolute Gasteiger partial charge is 0.399 e. The summed E-state index contributed by atoms with van der Waals surface area (Å²) in [5, 5.41) is 5.61. The Balaban J connectivity index is 1.62. The molecule has 0 saturated heterocycles. The smallest absolute Gasteiger partial charge is 0.152 e. The van der Waals surface area contributed by atoms with Gasteiger partial charge in [0.05, 0.1) is 29.1 Å². The number of benzene rings is 3. The third-order valence-electron chi connectivity index (χ3n) is 4.75. The molecule has 1 atom stereocenters. The van der Waals surface area contributed by atoms with Gasteiger partial charge in [0.25, 0.3) is 0 Å². The Morgan fingerprint density at radius 2 is 1.67 bits per heavy atom. The fraction of sp³-hybridized carbons (Fsp3) is 0.174. The van der Waals surface area contributed by atoms with Crippen molar-refractivity contribution in [2.45, 2.75) is 13.0 Å². The summed E-state index contributed by atoms with van der Waals surface area (Å²) in [5.41, 5.74) is 11.4. The minimum atomic E-state index is -1.78. The molecule has 4 rings (SSSR count). The van der Waals surface area contributed by atoms with Gasteiger partial charge in [0, 0.05) is 28.8 Å². The first-order chi connectivity index (χ1) is 14.6. The number of pyridine rings is 1. The highest BCUT2D eigenvalue weighted by Gasteiger charge is 2.10. The zero-order valence-corrected chi connectivity index (χ0v) is 17.2. The molecule has 0 aliphatic rings. The van der Waals surface area contributed by atoms with Crippen LogP contribution in [-0.4, -0.2) is 26.1 Å². The Hall–Kier alpha value is -3.00. The molecule has 7 heteroatoms. The van der Waals surface area contributed by atoms with Gasteiger partial charge in [-0.1, -0.05) is 36.4 Å². The number of nitrogens with zero attached hydrogens (tertiary/aromatic N) is 1. The lowest BCUT2D eigenvalue weighted by molar-refractivity contribution is 0.122. The van der Waals surface area contributed by atoms with Crippen LogP contribution in [0.3, 0.4) is 0 Å². The number of aromatic nitrogens is 1. The van der Waals surface area contributed by atoms with Crippen LogP contribution in [0.1, 0.15) is 12.0 Å². The molecule has 4 aromatic rings. The molecule has 6 nitrogen and oxygen atoms in total. The van der Waals surface area contributed by atoms with Crippen molar-refractivity contribution in [3.05, 3.63) is 72.3 Å². The summed E-state index contributed by atoms with van der Waals surface area (Å²) >= 11 is -1.78. The fourth-order valence-corrected chi connectivity index (χ4v) is 3.83. The maximum absolute atomic E-state index is 10.7. The minimum absolute atomic E-state index is 0.214. The number of nitrogen functional groups attached to an aromatic ring is 1. The Kier molecular flexibility index (Phi) is 6.23. The highest BCUT2D eigenvalue weighted by Crippen LogP contribution is 2.33. The van der Waals surface area contributed by atoms with Crippen molar-refractivity contribution >= 4 is 49.9 Å².